The molecule has 5 heteroatoms. The lowest BCUT2D eigenvalue weighted by Gasteiger charge is -2.08. The summed E-state index contributed by atoms with van der Waals surface area (Å²) in [7, 11) is 1.86. The third-order valence-electron chi connectivity index (χ3n) is 3.25. The predicted octanol–water partition coefficient (Wildman–Crippen LogP) is 3.72. The lowest BCUT2D eigenvalue weighted by molar-refractivity contribution is 1.09. The summed E-state index contributed by atoms with van der Waals surface area (Å²) in [5.74, 6) is 0. The number of fused-ring (bicyclic) bond motifs is 1. The van der Waals surface area contributed by atoms with Crippen molar-refractivity contribution in [1.29, 1.82) is 0 Å². The van der Waals surface area contributed by atoms with Gasteiger partial charge in [0.2, 0.25) is 5.13 Å². The number of anilines is 1. The molecule has 0 bridgehead atoms. The zero-order chi connectivity index (χ0) is 14.3. The summed E-state index contributed by atoms with van der Waals surface area (Å²) in [4.78, 5) is 4.67. The zero-order valence-electron chi connectivity index (χ0n) is 12.0. The monoisotopic (exact) mass is 284 g/mol. The van der Waals surface area contributed by atoms with Crippen LogP contribution in [0.2, 0.25) is 0 Å². The van der Waals surface area contributed by atoms with E-state index in [0.717, 1.165) is 32.3 Å². The molecule has 2 aromatic heterocycles. The molecule has 0 aliphatic heterocycles. The highest BCUT2D eigenvalue weighted by molar-refractivity contribution is 7.18. The van der Waals surface area contributed by atoms with E-state index in [9.17, 15) is 0 Å². The fourth-order valence-electron chi connectivity index (χ4n) is 2.42. The molecule has 0 fully saturated rings. The van der Waals surface area contributed by atoms with E-state index in [1.54, 1.807) is 11.3 Å². The van der Waals surface area contributed by atoms with Crippen molar-refractivity contribution in [3.63, 3.8) is 0 Å². The first-order valence-electron chi connectivity index (χ1n) is 6.48. The predicted molar refractivity (Wildman–Crippen MR) is 84.4 cm³/mol. The van der Waals surface area contributed by atoms with E-state index in [4.69, 9.17) is 0 Å². The highest BCUT2D eigenvalue weighted by Crippen LogP contribution is 2.33. The van der Waals surface area contributed by atoms with Gasteiger partial charge in [0, 0.05) is 23.7 Å². The minimum absolute atomic E-state index is 0.826. The van der Waals surface area contributed by atoms with Crippen molar-refractivity contribution in [3.8, 4) is 10.6 Å². The van der Waals surface area contributed by atoms with Gasteiger partial charge in [0.1, 0.15) is 5.01 Å². The number of hydrogen-bond donors (Lipinski definition) is 1. The Morgan fingerprint density at radius 2 is 1.85 bits per heavy atom. The smallest absolute Gasteiger partial charge is 0.205 e. The molecule has 0 saturated carbocycles. The molecule has 0 atom stereocenters. The molecule has 0 saturated heterocycles. The average molecular weight is 284 g/mol. The molecule has 3 aromatic rings. The Labute approximate surface area is 121 Å². The quantitative estimate of drug-likeness (QED) is 0.779. The number of pyridine rings is 1. The van der Waals surface area contributed by atoms with Crippen molar-refractivity contribution in [3.05, 3.63) is 35.0 Å². The Morgan fingerprint density at radius 3 is 2.55 bits per heavy atom. The maximum atomic E-state index is 4.67. The highest BCUT2D eigenvalue weighted by Gasteiger charge is 2.13. The van der Waals surface area contributed by atoms with Crippen molar-refractivity contribution in [2.45, 2.75) is 20.8 Å². The van der Waals surface area contributed by atoms with Crippen LogP contribution in [0.25, 0.3) is 21.5 Å². The van der Waals surface area contributed by atoms with Crippen LogP contribution < -0.4 is 5.32 Å². The van der Waals surface area contributed by atoms with Gasteiger partial charge in [-0.1, -0.05) is 23.0 Å². The molecule has 0 aliphatic carbocycles. The van der Waals surface area contributed by atoms with E-state index in [-0.39, 0.29) is 0 Å². The molecule has 0 radical (unpaired) electrons. The van der Waals surface area contributed by atoms with Gasteiger partial charge >= 0.3 is 0 Å². The second-order valence-corrected chi connectivity index (χ2v) is 5.93. The van der Waals surface area contributed by atoms with Crippen molar-refractivity contribution < 1.29 is 0 Å². The molecule has 2 heterocycles. The molecule has 1 N–H and O–H groups in total. The first kappa shape index (κ1) is 13.0. The van der Waals surface area contributed by atoms with Crippen LogP contribution in [0, 0.1) is 20.8 Å². The Bertz CT molecular complexity index is 792. The van der Waals surface area contributed by atoms with Crippen LogP contribution in [0.15, 0.2) is 18.2 Å². The first-order chi connectivity index (χ1) is 9.58. The first-order valence-corrected chi connectivity index (χ1v) is 7.30. The van der Waals surface area contributed by atoms with Gasteiger partial charge in [-0.2, -0.15) is 0 Å². The molecule has 1 aromatic carbocycles. The Hall–Kier alpha value is -2.01. The van der Waals surface area contributed by atoms with Crippen LogP contribution in [-0.2, 0) is 0 Å². The number of rotatable bonds is 2. The van der Waals surface area contributed by atoms with Gasteiger partial charge in [-0.25, -0.2) is 0 Å². The Balaban J connectivity index is 2.34. The lowest BCUT2D eigenvalue weighted by atomic mass is 10.0. The third kappa shape index (κ3) is 2.14. The van der Waals surface area contributed by atoms with Crippen molar-refractivity contribution in [2.24, 2.45) is 0 Å². The number of hydrogen-bond acceptors (Lipinski definition) is 5. The molecule has 4 nitrogen and oxygen atoms in total. The number of nitrogens with one attached hydrogen (secondary N) is 1. The summed E-state index contributed by atoms with van der Waals surface area (Å²) < 4.78 is 0. The maximum absolute atomic E-state index is 4.67. The van der Waals surface area contributed by atoms with E-state index < -0.39 is 0 Å². The molecule has 102 valence electrons. The lowest BCUT2D eigenvalue weighted by Crippen LogP contribution is -1.92. The van der Waals surface area contributed by atoms with Gasteiger partial charge in [-0.15, -0.1) is 10.2 Å². The summed E-state index contributed by atoms with van der Waals surface area (Å²) in [6, 6.07) is 6.42. The van der Waals surface area contributed by atoms with Crippen LogP contribution in [0.3, 0.4) is 0 Å². The van der Waals surface area contributed by atoms with Gasteiger partial charge in [0.15, 0.2) is 0 Å². The van der Waals surface area contributed by atoms with Crippen LogP contribution in [0.5, 0.6) is 0 Å². The van der Waals surface area contributed by atoms with E-state index in [2.05, 4.69) is 52.5 Å². The molecular formula is C15H16N4S. The fraction of sp³-hybridized carbons (Fsp3) is 0.267. The fourth-order valence-corrected chi connectivity index (χ4v) is 3.15. The van der Waals surface area contributed by atoms with Gasteiger partial charge < -0.3 is 5.32 Å². The minimum Gasteiger partial charge on any atom is -0.363 e. The summed E-state index contributed by atoms with van der Waals surface area (Å²) >= 11 is 1.56. The Kier molecular flexibility index (Phi) is 3.14. The van der Waals surface area contributed by atoms with Gasteiger partial charge in [0.05, 0.1) is 5.52 Å². The minimum atomic E-state index is 0.826. The van der Waals surface area contributed by atoms with Gasteiger partial charge in [-0.3, -0.25) is 4.98 Å². The standard InChI is InChI=1S/C15H16N4S/c1-8-5-9(2)13-11(6-8)12(7-10(3)17-13)14-18-19-15(16-4)20-14/h5-7H,1-4H3,(H,16,19). The van der Waals surface area contributed by atoms with Gasteiger partial charge in [-0.05, 0) is 38.5 Å². The zero-order valence-corrected chi connectivity index (χ0v) is 12.8. The molecule has 0 amide bonds. The van der Waals surface area contributed by atoms with Crippen LogP contribution in [0.1, 0.15) is 16.8 Å². The average Bonchev–Trinajstić information content (AvgIpc) is 2.87. The van der Waals surface area contributed by atoms with Crippen molar-refractivity contribution >= 4 is 27.4 Å². The summed E-state index contributed by atoms with van der Waals surface area (Å²) in [5.41, 5.74) is 5.59. The topological polar surface area (TPSA) is 50.7 Å². The maximum Gasteiger partial charge on any atom is 0.205 e. The second-order valence-electron chi connectivity index (χ2n) is 4.95. The second kappa shape index (κ2) is 4.83. The molecule has 0 spiro atoms. The third-order valence-corrected chi connectivity index (χ3v) is 4.22. The van der Waals surface area contributed by atoms with Crippen molar-refractivity contribution in [1.82, 2.24) is 15.2 Å². The number of aromatic nitrogens is 3. The van der Waals surface area contributed by atoms with E-state index in [0.29, 0.717) is 0 Å². The molecule has 20 heavy (non-hydrogen) atoms. The van der Waals surface area contributed by atoms with E-state index in [1.807, 2.05) is 14.0 Å². The molecule has 0 aliphatic rings. The summed E-state index contributed by atoms with van der Waals surface area (Å²) in [6.07, 6.45) is 0. The largest absolute Gasteiger partial charge is 0.363 e. The SMILES string of the molecule is CNc1nnc(-c2cc(C)nc3c(C)cc(C)cc23)s1. The molecule has 0 unspecified atom stereocenters. The summed E-state index contributed by atoms with van der Waals surface area (Å²) in [5, 5.41) is 14.3. The number of nitrogens with zero attached hydrogens (tertiary/aromatic N) is 3. The highest BCUT2D eigenvalue weighted by atomic mass is 32.1. The Morgan fingerprint density at radius 1 is 1.05 bits per heavy atom. The van der Waals surface area contributed by atoms with E-state index >= 15 is 0 Å². The van der Waals surface area contributed by atoms with Crippen LogP contribution in [-0.4, -0.2) is 22.2 Å². The normalized spacial score (nSPS) is 11.0. The van der Waals surface area contributed by atoms with Crippen LogP contribution >= 0.6 is 11.3 Å². The number of benzene rings is 1. The molecule has 3 rings (SSSR count). The molecular weight excluding hydrogens is 268 g/mol. The van der Waals surface area contributed by atoms with E-state index in [1.165, 1.54) is 11.1 Å². The van der Waals surface area contributed by atoms with Crippen LogP contribution in [0.4, 0.5) is 5.13 Å². The summed E-state index contributed by atoms with van der Waals surface area (Å²) in [6.45, 7) is 6.22. The van der Waals surface area contributed by atoms with Gasteiger partial charge in [0.25, 0.3) is 0 Å². The van der Waals surface area contributed by atoms with Crippen molar-refractivity contribution in [2.75, 3.05) is 12.4 Å². The number of aryl methyl sites for hydroxylation is 3.